The monoisotopic (exact) mass is 291 g/mol. The fourth-order valence-corrected chi connectivity index (χ4v) is 2.91. The largest absolute Gasteiger partial charge is 0.496 e. The number of hydrogen-bond donors (Lipinski definition) is 1. The van der Waals surface area contributed by atoms with E-state index in [4.69, 9.17) is 16.3 Å². The van der Waals surface area contributed by atoms with Gasteiger partial charge in [-0.3, -0.25) is 4.68 Å². The lowest BCUT2D eigenvalue weighted by atomic mass is 10.0. The molecular weight excluding hydrogens is 274 g/mol. The molecule has 1 aliphatic heterocycles. The number of fused-ring (bicyclic) bond motifs is 1. The van der Waals surface area contributed by atoms with Crippen molar-refractivity contribution in [2.24, 2.45) is 7.05 Å². The minimum atomic E-state index is 0.696. The molecule has 106 valence electrons. The third-order valence-corrected chi connectivity index (χ3v) is 3.94. The molecule has 0 amide bonds. The summed E-state index contributed by atoms with van der Waals surface area (Å²) < 4.78 is 7.37. The number of nitrogens with one attached hydrogen (secondary N) is 1. The van der Waals surface area contributed by atoms with Crippen LogP contribution in [-0.4, -0.2) is 23.4 Å². The molecule has 1 aliphatic rings. The molecule has 0 unspecified atom stereocenters. The molecule has 0 atom stereocenters. The lowest BCUT2D eigenvalue weighted by Crippen LogP contribution is -2.04. The van der Waals surface area contributed by atoms with Crippen LogP contribution >= 0.6 is 11.6 Å². The van der Waals surface area contributed by atoms with Gasteiger partial charge in [-0.25, -0.2) is 0 Å². The van der Waals surface area contributed by atoms with Gasteiger partial charge in [-0.2, -0.15) is 5.10 Å². The SMILES string of the molecule is COc1ccc(Cl)cc1-c1nn(C)c2c1CCCCN2. The van der Waals surface area contributed by atoms with Crippen LogP contribution in [0.2, 0.25) is 5.02 Å². The highest BCUT2D eigenvalue weighted by Gasteiger charge is 2.21. The number of nitrogens with zero attached hydrogens (tertiary/aromatic N) is 2. The standard InChI is InChI=1S/C15H18ClN3O/c1-19-15-11(5-3-4-8-17-15)14(18-19)12-9-10(16)6-7-13(12)20-2/h6-7,9,17H,3-5,8H2,1-2H3. The van der Waals surface area contributed by atoms with E-state index in [2.05, 4.69) is 10.4 Å². The van der Waals surface area contributed by atoms with Gasteiger partial charge in [-0.1, -0.05) is 11.6 Å². The Morgan fingerprint density at radius 2 is 2.20 bits per heavy atom. The van der Waals surface area contributed by atoms with Gasteiger partial charge in [0.05, 0.1) is 7.11 Å². The van der Waals surface area contributed by atoms with Gasteiger partial charge in [0.1, 0.15) is 17.3 Å². The van der Waals surface area contributed by atoms with E-state index in [-0.39, 0.29) is 0 Å². The molecule has 5 heteroatoms. The summed E-state index contributed by atoms with van der Waals surface area (Å²) >= 11 is 6.14. The van der Waals surface area contributed by atoms with Crippen molar-refractivity contribution in [3.05, 3.63) is 28.8 Å². The second-order valence-electron chi connectivity index (χ2n) is 5.03. The van der Waals surface area contributed by atoms with Gasteiger partial charge < -0.3 is 10.1 Å². The molecule has 20 heavy (non-hydrogen) atoms. The Labute approximate surface area is 123 Å². The summed E-state index contributed by atoms with van der Waals surface area (Å²) in [5, 5.41) is 8.83. The van der Waals surface area contributed by atoms with Crippen LogP contribution < -0.4 is 10.1 Å². The number of methoxy groups -OCH3 is 1. The maximum Gasteiger partial charge on any atom is 0.128 e. The van der Waals surface area contributed by atoms with Gasteiger partial charge >= 0.3 is 0 Å². The number of ether oxygens (including phenoxy) is 1. The lowest BCUT2D eigenvalue weighted by molar-refractivity contribution is 0.416. The number of aromatic nitrogens is 2. The summed E-state index contributed by atoms with van der Waals surface area (Å²) in [6, 6.07) is 5.65. The molecule has 1 N–H and O–H groups in total. The molecule has 0 saturated heterocycles. The molecule has 1 aromatic carbocycles. The van der Waals surface area contributed by atoms with Crippen molar-refractivity contribution in [1.82, 2.24) is 9.78 Å². The van der Waals surface area contributed by atoms with Crippen LogP contribution in [0.5, 0.6) is 5.75 Å². The lowest BCUT2D eigenvalue weighted by Gasteiger charge is -2.08. The highest BCUT2D eigenvalue weighted by atomic mass is 35.5. The van der Waals surface area contributed by atoms with Crippen LogP contribution in [0.15, 0.2) is 18.2 Å². The topological polar surface area (TPSA) is 39.1 Å². The Morgan fingerprint density at radius 3 is 3.00 bits per heavy atom. The number of halogens is 1. The second kappa shape index (κ2) is 5.37. The highest BCUT2D eigenvalue weighted by Crippen LogP contribution is 2.37. The molecule has 2 heterocycles. The fourth-order valence-electron chi connectivity index (χ4n) is 2.74. The van der Waals surface area contributed by atoms with Crippen molar-refractivity contribution in [2.45, 2.75) is 19.3 Å². The molecular formula is C15H18ClN3O. The number of hydrogen-bond acceptors (Lipinski definition) is 3. The minimum absolute atomic E-state index is 0.696. The highest BCUT2D eigenvalue weighted by molar-refractivity contribution is 6.31. The molecule has 0 saturated carbocycles. The van der Waals surface area contributed by atoms with Gasteiger partial charge in [0.15, 0.2) is 0 Å². The molecule has 2 aromatic rings. The van der Waals surface area contributed by atoms with Gasteiger partial charge in [-0.15, -0.1) is 0 Å². The quantitative estimate of drug-likeness (QED) is 0.920. The molecule has 4 nitrogen and oxygen atoms in total. The van der Waals surface area contributed by atoms with E-state index in [0.29, 0.717) is 5.02 Å². The van der Waals surface area contributed by atoms with E-state index in [1.165, 1.54) is 18.4 Å². The Hall–Kier alpha value is -1.68. The Balaban J connectivity index is 2.18. The van der Waals surface area contributed by atoms with E-state index in [1.807, 2.05) is 29.9 Å². The van der Waals surface area contributed by atoms with E-state index in [0.717, 1.165) is 35.8 Å². The molecule has 3 rings (SSSR count). The van der Waals surface area contributed by atoms with Crippen molar-refractivity contribution in [1.29, 1.82) is 0 Å². The van der Waals surface area contributed by atoms with Gasteiger partial charge in [0, 0.05) is 29.7 Å². The van der Waals surface area contributed by atoms with E-state index in [1.54, 1.807) is 7.11 Å². The number of benzene rings is 1. The Kier molecular flexibility index (Phi) is 3.57. The zero-order valence-corrected chi connectivity index (χ0v) is 12.5. The first kappa shape index (κ1) is 13.3. The first-order valence-corrected chi connectivity index (χ1v) is 7.22. The summed E-state index contributed by atoms with van der Waals surface area (Å²) in [4.78, 5) is 0. The van der Waals surface area contributed by atoms with Crippen LogP contribution in [-0.2, 0) is 13.5 Å². The van der Waals surface area contributed by atoms with E-state index >= 15 is 0 Å². The normalized spacial score (nSPS) is 14.3. The predicted octanol–water partition coefficient (Wildman–Crippen LogP) is 3.50. The number of aryl methyl sites for hydroxylation is 1. The maximum absolute atomic E-state index is 6.14. The van der Waals surface area contributed by atoms with Crippen molar-refractivity contribution in [3.8, 4) is 17.0 Å². The zero-order valence-electron chi connectivity index (χ0n) is 11.7. The average molecular weight is 292 g/mol. The third kappa shape index (κ3) is 2.24. The summed E-state index contributed by atoms with van der Waals surface area (Å²) in [7, 11) is 3.64. The van der Waals surface area contributed by atoms with Crippen LogP contribution in [0.4, 0.5) is 5.82 Å². The van der Waals surface area contributed by atoms with Crippen LogP contribution in [0, 0.1) is 0 Å². The van der Waals surface area contributed by atoms with Gasteiger partial charge in [0.25, 0.3) is 0 Å². The summed E-state index contributed by atoms with van der Waals surface area (Å²) in [5.41, 5.74) is 3.18. The number of rotatable bonds is 2. The Bertz CT molecular complexity index is 636. The van der Waals surface area contributed by atoms with Crippen LogP contribution in [0.25, 0.3) is 11.3 Å². The van der Waals surface area contributed by atoms with Crippen molar-refractivity contribution < 1.29 is 4.74 Å². The first-order chi connectivity index (χ1) is 9.70. The predicted molar refractivity (Wildman–Crippen MR) is 81.6 cm³/mol. The van der Waals surface area contributed by atoms with E-state index < -0.39 is 0 Å². The summed E-state index contributed by atoms with van der Waals surface area (Å²) in [6.07, 6.45) is 3.38. The van der Waals surface area contributed by atoms with Crippen LogP contribution in [0.1, 0.15) is 18.4 Å². The molecule has 0 fully saturated rings. The third-order valence-electron chi connectivity index (χ3n) is 3.71. The molecule has 0 bridgehead atoms. The molecule has 0 radical (unpaired) electrons. The molecule has 1 aromatic heterocycles. The molecule has 0 spiro atoms. The molecule has 0 aliphatic carbocycles. The van der Waals surface area contributed by atoms with Crippen molar-refractivity contribution >= 4 is 17.4 Å². The number of anilines is 1. The average Bonchev–Trinajstić information content (AvgIpc) is 2.64. The summed E-state index contributed by atoms with van der Waals surface area (Å²) in [6.45, 7) is 0.999. The zero-order chi connectivity index (χ0) is 14.1. The minimum Gasteiger partial charge on any atom is -0.496 e. The van der Waals surface area contributed by atoms with Gasteiger partial charge in [0.2, 0.25) is 0 Å². The van der Waals surface area contributed by atoms with Gasteiger partial charge in [-0.05, 0) is 37.5 Å². The first-order valence-electron chi connectivity index (χ1n) is 6.84. The van der Waals surface area contributed by atoms with Crippen LogP contribution in [0.3, 0.4) is 0 Å². The smallest absolute Gasteiger partial charge is 0.128 e. The van der Waals surface area contributed by atoms with Crippen molar-refractivity contribution in [2.75, 3.05) is 19.0 Å². The fraction of sp³-hybridized carbons (Fsp3) is 0.400. The Morgan fingerprint density at radius 1 is 1.35 bits per heavy atom. The second-order valence-corrected chi connectivity index (χ2v) is 5.46. The van der Waals surface area contributed by atoms with Crippen molar-refractivity contribution in [3.63, 3.8) is 0 Å². The van der Waals surface area contributed by atoms with E-state index in [9.17, 15) is 0 Å². The maximum atomic E-state index is 6.14. The summed E-state index contributed by atoms with van der Waals surface area (Å²) in [5.74, 6) is 1.92.